The fourth-order valence-corrected chi connectivity index (χ4v) is 3.00. The van der Waals surface area contributed by atoms with E-state index in [1.54, 1.807) is 0 Å². The van der Waals surface area contributed by atoms with Crippen molar-refractivity contribution < 1.29 is 4.79 Å². The molecule has 1 aromatic heterocycles. The van der Waals surface area contributed by atoms with Gasteiger partial charge in [-0.05, 0) is 49.6 Å². The Morgan fingerprint density at radius 1 is 1.04 bits per heavy atom. The summed E-state index contributed by atoms with van der Waals surface area (Å²) >= 11 is 0. The lowest BCUT2D eigenvalue weighted by Crippen LogP contribution is -2.22. The highest BCUT2D eigenvalue weighted by molar-refractivity contribution is 5.94. The van der Waals surface area contributed by atoms with Gasteiger partial charge in [-0.25, -0.2) is 4.68 Å². The Kier molecular flexibility index (Phi) is 5.60. The summed E-state index contributed by atoms with van der Waals surface area (Å²) < 4.78 is 1.85. The lowest BCUT2D eigenvalue weighted by molar-refractivity contribution is -0.114. The zero-order valence-corrected chi connectivity index (χ0v) is 16.3. The van der Waals surface area contributed by atoms with Gasteiger partial charge in [0, 0.05) is 5.69 Å². The highest BCUT2D eigenvalue weighted by Crippen LogP contribution is 2.23. The number of hydrogen-bond donors (Lipinski definition) is 2. The van der Waals surface area contributed by atoms with Crippen LogP contribution in [0.3, 0.4) is 0 Å². The zero-order chi connectivity index (χ0) is 19.4. The number of rotatable bonds is 6. The molecule has 0 aliphatic rings. The van der Waals surface area contributed by atoms with Crippen LogP contribution in [0.25, 0.3) is 5.69 Å². The molecule has 0 unspecified atom stereocenters. The lowest BCUT2D eigenvalue weighted by Gasteiger charge is -2.10. The Bertz CT molecular complexity index is 911. The molecule has 1 amide bonds. The van der Waals surface area contributed by atoms with Crippen LogP contribution in [0, 0.1) is 13.8 Å². The van der Waals surface area contributed by atoms with Gasteiger partial charge in [-0.2, -0.15) is 5.10 Å². The Morgan fingerprint density at radius 2 is 1.70 bits per heavy atom. The Labute approximate surface area is 160 Å². The van der Waals surface area contributed by atoms with Crippen LogP contribution in [0.4, 0.5) is 11.4 Å². The third-order valence-corrected chi connectivity index (χ3v) is 4.59. The van der Waals surface area contributed by atoms with E-state index >= 15 is 0 Å². The molecule has 5 nitrogen and oxygen atoms in total. The van der Waals surface area contributed by atoms with Gasteiger partial charge < -0.3 is 10.6 Å². The molecule has 0 spiro atoms. The molecule has 0 atom stereocenters. The van der Waals surface area contributed by atoms with Gasteiger partial charge in [-0.3, -0.25) is 4.79 Å². The van der Waals surface area contributed by atoms with Crippen molar-refractivity contribution in [2.45, 2.75) is 33.6 Å². The second-order valence-electron chi connectivity index (χ2n) is 6.97. The molecule has 3 rings (SSSR count). The van der Waals surface area contributed by atoms with E-state index in [2.05, 4.69) is 41.7 Å². The van der Waals surface area contributed by atoms with Gasteiger partial charge in [-0.15, -0.1) is 0 Å². The Hall–Kier alpha value is -3.08. The summed E-state index contributed by atoms with van der Waals surface area (Å²) in [7, 11) is 0. The van der Waals surface area contributed by atoms with Gasteiger partial charge in [0.2, 0.25) is 5.91 Å². The van der Waals surface area contributed by atoms with Crippen molar-refractivity contribution in [3.8, 4) is 5.69 Å². The molecule has 0 bridgehead atoms. The second-order valence-corrected chi connectivity index (χ2v) is 6.97. The number of nitrogens with zero attached hydrogens (tertiary/aromatic N) is 2. The van der Waals surface area contributed by atoms with Crippen molar-refractivity contribution in [2.24, 2.45) is 0 Å². The Morgan fingerprint density at radius 3 is 2.33 bits per heavy atom. The van der Waals surface area contributed by atoms with Gasteiger partial charge in [0.05, 0.1) is 29.3 Å². The number of carbonyl (C=O) groups is 1. The van der Waals surface area contributed by atoms with Crippen molar-refractivity contribution in [3.63, 3.8) is 0 Å². The number of para-hydroxylation sites is 1. The van der Waals surface area contributed by atoms with Gasteiger partial charge in [-0.1, -0.05) is 44.2 Å². The average Bonchev–Trinajstić information content (AvgIpc) is 2.95. The van der Waals surface area contributed by atoms with Gasteiger partial charge in [0.1, 0.15) is 0 Å². The summed E-state index contributed by atoms with van der Waals surface area (Å²) in [5.41, 5.74) is 5.66. The third-order valence-electron chi connectivity index (χ3n) is 4.59. The summed E-state index contributed by atoms with van der Waals surface area (Å²) in [6.07, 6.45) is 0. The maximum absolute atomic E-state index is 12.4. The maximum Gasteiger partial charge on any atom is 0.243 e. The molecular weight excluding hydrogens is 336 g/mol. The van der Waals surface area contributed by atoms with Crippen molar-refractivity contribution in [1.29, 1.82) is 0 Å². The topological polar surface area (TPSA) is 59.0 Å². The number of hydrogen-bond acceptors (Lipinski definition) is 3. The summed E-state index contributed by atoms with van der Waals surface area (Å²) in [5.74, 6) is 0.399. The second kappa shape index (κ2) is 8.08. The number of aromatic nitrogens is 2. The summed E-state index contributed by atoms with van der Waals surface area (Å²) in [6, 6.07) is 18.1. The number of nitrogens with one attached hydrogen (secondary N) is 2. The normalized spacial score (nSPS) is 10.9. The number of amides is 1. The first kappa shape index (κ1) is 18.7. The van der Waals surface area contributed by atoms with Crippen LogP contribution in [0.15, 0.2) is 54.6 Å². The lowest BCUT2D eigenvalue weighted by atomic mass is 10.0. The van der Waals surface area contributed by atoms with Gasteiger partial charge >= 0.3 is 0 Å². The molecular formula is C22H26N4O. The van der Waals surface area contributed by atoms with Gasteiger partial charge in [0.15, 0.2) is 0 Å². The predicted octanol–water partition coefficient (Wildman–Crippen LogP) is 4.66. The molecule has 0 aliphatic carbocycles. The van der Waals surface area contributed by atoms with Crippen LogP contribution in [0.2, 0.25) is 0 Å². The van der Waals surface area contributed by atoms with Gasteiger partial charge in [0.25, 0.3) is 0 Å². The molecule has 0 fully saturated rings. The Balaban J connectivity index is 1.65. The highest BCUT2D eigenvalue weighted by Gasteiger charge is 2.15. The molecule has 0 aliphatic heterocycles. The minimum absolute atomic E-state index is 0.0956. The monoisotopic (exact) mass is 362 g/mol. The summed E-state index contributed by atoms with van der Waals surface area (Å²) in [6.45, 7) is 8.39. The first-order chi connectivity index (χ1) is 13.0. The summed E-state index contributed by atoms with van der Waals surface area (Å²) in [4.78, 5) is 12.4. The number of anilines is 2. The van der Waals surface area contributed by atoms with Crippen LogP contribution in [0.1, 0.15) is 36.7 Å². The first-order valence-electron chi connectivity index (χ1n) is 9.21. The van der Waals surface area contributed by atoms with E-state index in [0.717, 1.165) is 28.5 Å². The van der Waals surface area contributed by atoms with E-state index in [9.17, 15) is 4.79 Å². The molecule has 0 saturated carbocycles. The predicted molar refractivity (Wildman–Crippen MR) is 111 cm³/mol. The number of carbonyl (C=O) groups excluding carboxylic acids is 1. The average molecular weight is 362 g/mol. The minimum Gasteiger partial charge on any atom is -0.376 e. The molecule has 5 heteroatoms. The fourth-order valence-electron chi connectivity index (χ4n) is 3.00. The molecule has 1 heterocycles. The van der Waals surface area contributed by atoms with Crippen LogP contribution in [-0.4, -0.2) is 22.2 Å². The van der Waals surface area contributed by atoms with Crippen molar-refractivity contribution >= 4 is 17.3 Å². The van der Waals surface area contributed by atoms with E-state index in [-0.39, 0.29) is 12.5 Å². The van der Waals surface area contributed by atoms with Crippen LogP contribution in [0.5, 0.6) is 0 Å². The zero-order valence-electron chi connectivity index (χ0n) is 16.3. The SMILES string of the molecule is Cc1nn(-c2ccccc2)c(C)c1NC(=O)CNc1ccc(C(C)C)cc1. The highest BCUT2D eigenvalue weighted by atomic mass is 16.1. The van der Waals surface area contributed by atoms with Crippen molar-refractivity contribution in [1.82, 2.24) is 9.78 Å². The van der Waals surface area contributed by atoms with Crippen LogP contribution < -0.4 is 10.6 Å². The van der Waals surface area contributed by atoms with E-state index in [1.165, 1.54) is 5.56 Å². The molecule has 3 aromatic rings. The van der Waals surface area contributed by atoms with E-state index in [1.807, 2.05) is 61.0 Å². The molecule has 2 aromatic carbocycles. The van der Waals surface area contributed by atoms with E-state index < -0.39 is 0 Å². The minimum atomic E-state index is -0.0956. The first-order valence-corrected chi connectivity index (χ1v) is 9.21. The smallest absolute Gasteiger partial charge is 0.243 e. The quantitative estimate of drug-likeness (QED) is 0.670. The largest absolute Gasteiger partial charge is 0.376 e. The van der Waals surface area contributed by atoms with E-state index in [4.69, 9.17) is 0 Å². The number of aryl methyl sites for hydroxylation is 1. The molecule has 140 valence electrons. The summed E-state index contributed by atoms with van der Waals surface area (Å²) in [5, 5.41) is 10.7. The van der Waals surface area contributed by atoms with Crippen molar-refractivity contribution in [2.75, 3.05) is 17.2 Å². The third kappa shape index (κ3) is 4.37. The molecule has 0 radical (unpaired) electrons. The van der Waals surface area contributed by atoms with Crippen LogP contribution >= 0.6 is 0 Å². The fraction of sp³-hybridized carbons (Fsp3) is 0.273. The standard InChI is InChI=1S/C22H26N4O/c1-15(2)18-10-12-19(13-11-18)23-14-21(27)24-22-16(3)25-26(17(22)4)20-8-6-5-7-9-20/h5-13,15,23H,14H2,1-4H3,(H,24,27). The number of benzene rings is 2. The molecule has 27 heavy (non-hydrogen) atoms. The van der Waals surface area contributed by atoms with Crippen LogP contribution in [-0.2, 0) is 4.79 Å². The maximum atomic E-state index is 12.4. The van der Waals surface area contributed by atoms with Crippen molar-refractivity contribution in [3.05, 3.63) is 71.5 Å². The molecule has 0 saturated heterocycles. The van der Waals surface area contributed by atoms with E-state index in [0.29, 0.717) is 5.92 Å². The molecule has 2 N–H and O–H groups in total.